The number of rotatable bonds is 2. The van der Waals surface area contributed by atoms with Crippen LogP contribution in [0.1, 0.15) is 0 Å². The van der Waals surface area contributed by atoms with Gasteiger partial charge in [-0.1, -0.05) is 97.1 Å². The van der Waals surface area contributed by atoms with Gasteiger partial charge in [0.15, 0.2) is 5.82 Å². The SMILES string of the molecule is c1ccc(-c2nc(-c3cccc4c3ccc3c5ccccc5sc43)nc3ccccc23)cc1. The molecular formula is C30H18N2S. The van der Waals surface area contributed by atoms with E-state index in [9.17, 15) is 0 Å². The molecule has 0 saturated carbocycles. The minimum atomic E-state index is 0.763. The van der Waals surface area contributed by atoms with Gasteiger partial charge >= 0.3 is 0 Å². The standard InChI is InChI=1S/C30H18N2S/c1-2-9-19(10-3-1)28-25-12-4-6-15-26(25)31-30(32-28)24-14-8-13-22-20(24)17-18-23-21-11-5-7-16-27(21)33-29(22)23/h1-18H. The summed E-state index contributed by atoms with van der Waals surface area (Å²) >= 11 is 1.86. The van der Waals surface area contributed by atoms with Crippen LogP contribution in [0.5, 0.6) is 0 Å². The van der Waals surface area contributed by atoms with Crippen LogP contribution >= 0.6 is 11.3 Å². The van der Waals surface area contributed by atoms with Crippen molar-refractivity contribution in [2.45, 2.75) is 0 Å². The highest BCUT2D eigenvalue weighted by Gasteiger charge is 2.15. The number of para-hydroxylation sites is 1. The van der Waals surface area contributed by atoms with Crippen LogP contribution in [-0.4, -0.2) is 9.97 Å². The molecule has 0 bridgehead atoms. The first-order valence-corrected chi connectivity index (χ1v) is 11.8. The van der Waals surface area contributed by atoms with Crippen molar-refractivity contribution < 1.29 is 0 Å². The summed E-state index contributed by atoms with van der Waals surface area (Å²) < 4.78 is 2.64. The summed E-state index contributed by atoms with van der Waals surface area (Å²) in [7, 11) is 0. The van der Waals surface area contributed by atoms with E-state index >= 15 is 0 Å². The third-order valence-corrected chi connectivity index (χ3v) is 7.51. The zero-order valence-corrected chi connectivity index (χ0v) is 18.5. The van der Waals surface area contributed by atoms with Gasteiger partial charge in [0.1, 0.15) is 0 Å². The van der Waals surface area contributed by atoms with Crippen LogP contribution in [0, 0.1) is 0 Å². The van der Waals surface area contributed by atoms with Gasteiger partial charge < -0.3 is 0 Å². The molecule has 0 aliphatic rings. The zero-order chi connectivity index (χ0) is 21.8. The molecule has 0 radical (unpaired) electrons. The maximum absolute atomic E-state index is 5.11. The third kappa shape index (κ3) is 2.86. The van der Waals surface area contributed by atoms with Gasteiger partial charge in [0.2, 0.25) is 0 Å². The van der Waals surface area contributed by atoms with E-state index in [4.69, 9.17) is 9.97 Å². The van der Waals surface area contributed by atoms with E-state index in [0.29, 0.717) is 0 Å². The van der Waals surface area contributed by atoms with Crippen molar-refractivity contribution in [3.63, 3.8) is 0 Å². The van der Waals surface area contributed by atoms with Gasteiger partial charge in [-0.2, -0.15) is 0 Å². The molecule has 0 spiro atoms. The lowest BCUT2D eigenvalue weighted by Gasteiger charge is -2.11. The summed E-state index contributed by atoms with van der Waals surface area (Å²) in [5.41, 5.74) is 4.09. The number of benzene rings is 5. The maximum atomic E-state index is 5.11. The number of nitrogens with zero attached hydrogens (tertiary/aromatic N) is 2. The molecule has 0 atom stereocenters. The fraction of sp³-hybridized carbons (Fsp3) is 0. The van der Waals surface area contributed by atoms with Crippen molar-refractivity contribution in [1.29, 1.82) is 0 Å². The Hall–Kier alpha value is -4.08. The van der Waals surface area contributed by atoms with Crippen molar-refractivity contribution >= 4 is 53.2 Å². The molecule has 154 valence electrons. The molecule has 7 aromatic rings. The van der Waals surface area contributed by atoms with Crippen LogP contribution in [0.2, 0.25) is 0 Å². The zero-order valence-electron chi connectivity index (χ0n) is 17.7. The lowest BCUT2D eigenvalue weighted by atomic mass is 10.0. The largest absolute Gasteiger partial charge is 0.228 e. The lowest BCUT2D eigenvalue weighted by Crippen LogP contribution is -1.95. The monoisotopic (exact) mass is 438 g/mol. The van der Waals surface area contributed by atoms with Crippen LogP contribution in [0.15, 0.2) is 109 Å². The molecule has 0 aliphatic heterocycles. The molecule has 0 aliphatic carbocycles. The Balaban J connectivity index is 1.54. The first kappa shape index (κ1) is 18.5. The van der Waals surface area contributed by atoms with Crippen LogP contribution in [0.3, 0.4) is 0 Å². The number of fused-ring (bicyclic) bond motifs is 6. The smallest absolute Gasteiger partial charge is 0.161 e. The minimum absolute atomic E-state index is 0.763. The average molecular weight is 439 g/mol. The average Bonchev–Trinajstić information content (AvgIpc) is 3.27. The van der Waals surface area contributed by atoms with Crippen molar-refractivity contribution in [2.24, 2.45) is 0 Å². The fourth-order valence-electron chi connectivity index (χ4n) is 4.75. The Kier molecular flexibility index (Phi) is 4.05. The highest BCUT2D eigenvalue weighted by molar-refractivity contribution is 7.26. The van der Waals surface area contributed by atoms with Gasteiger partial charge in [0.05, 0.1) is 11.2 Å². The van der Waals surface area contributed by atoms with E-state index in [1.807, 2.05) is 29.5 Å². The van der Waals surface area contributed by atoms with Gasteiger partial charge in [-0.25, -0.2) is 9.97 Å². The molecule has 5 aromatic carbocycles. The molecule has 33 heavy (non-hydrogen) atoms. The second-order valence-electron chi connectivity index (χ2n) is 8.22. The summed E-state index contributed by atoms with van der Waals surface area (Å²) in [6.07, 6.45) is 0. The molecule has 0 saturated heterocycles. The first-order valence-electron chi connectivity index (χ1n) is 11.0. The Bertz CT molecular complexity index is 1820. The molecule has 0 N–H and O–H groups in total. The normalized spacial score (nSPS) is 11.6. The van der Waals surface area contributed by atoms with E-state index in [2.05, 4.69) is 91.0 Å². The highest BCUT2D eigenvalue weighted by atomic mass is 32.1. The van der Waals surface area contributed by atoms with Gasteiger partial charge in [0, 0.05) is 42.1 Å². The highest BCUT2D eigenvalue weighted by Crippen LogP contribution is 2.40. The molecule has 0 amide bonds. The van der Waals surface area contributed by atoms with Gasteiger partial charge in [-0.15, -0.1) is 11.3 Å². The Labute approximate surface area is 194 Å². The van der Waals surface area contributed by atoms with Gasteiger partial charge in [-0.05, 0) is 17.5 Å². The number of hydrogen-bond acceptors (Lipinski definition) is 3. The quantitative estimate of drug-likeness (QED) is 0.270. The number of aromatic nitrogens is 2. The van der Waals surface area contributed by atoms with Crippen molar-refractivity contribution in [2.75, 3.05) is 0 Å². The summed E-state index contributed by atoms with van der Waals surface area (Å²) in [5, 5.41) is 6.14. The van der Waals surface area contributed by atoms with Crippen molar-refractivity contribution in [3.8, 4) is 22.6 Å². The van der Waals surface area contributed by atoms with Crippen LogP contribution in [0.25, 0.3) is 64.5 Å². The number of hydrogen-bond donors (Lipinski definition) is 0. The molecule has 7 rings (SSSR count). The van der Waals surface area contributed by atoms with Gasteiger partial charge in [-0.3, -0.25) is 0 Å². The molecule has 2 nitrogen and oxygen atoms in total. The summed E-state index contributed by atoms with van der Waals surface area (Å²) in [4.78, 5) is 10.1. The van der Waals surface area contributed by atoms with E-state index in [1.54, 1.807) is 0 Å². The van der Waals surface area contributed by atoms with Crippen LogP contribution < -0.4 is 0 Å². The maximum Gasteiger partial charge on any atom is 0.161 e. The number of thiophene rings is 1. The topological polar surface area (TPSA) is 25.8 Å². The minimum Gasteiger partial charge on any atom is -0.228 e. The third-order valence-electron chi connectivity index (χ3n) is 6.29. The van der Waals surface area contributed by atoms with Gasteiger partial charge in [0.25, 0.3) is 0 Å². The lowest BCUT2D eigenvalue weighted by molar-refractivity contribution is 1.23. The Morgan fingerprint density at radius 2 is 1.18 bits per heavy atom. The summed E-state index contributed by atoms with van der Waals surface area (Å²) in [6.45, 7) is 0. The summed E-state index contributed by atoms with van der Waals surface area (Å²) in [6, 6.07) is 38.2. The van der Waals surface area contributed by atoms with Crippen LogP contribution in [-0.2, 0) is 0 Å². The van der Waals surface area contributed by atoms with E-state index in [1.165, 1.54) is 30.9 Å². The van der Waals surface area contributed by atoms with Crippen LogP contribution in [0.4, 0.5) is 0 Å². The first-order chi connectivity index (χ1) is 16.4. The predicted octanol–water partition coefficient (Wildman–Crippen LogP) is 8.48. The van der Waals surface area contributed by atoms with E-state index in [0.717, 1.165) is 33.5 Å². The second-order valence-corrected chi connectivity index (χ2v) is 9.27. The Morgan fingerprint density at radius 1 is 0.485 bits per heavy atom. The fourth-order valence-corrected chi connectivity index (χ4v) is 5.98. The molecule has 2 heterocycles. The summed E-state index contributed by atoms with van der Waals surface area (Å²) in [5.74, 6) is 0.763. The molecule has 0 unspecified atom stereocenters. The van der Waals surface area contributed by atoms with Crippen molar-refractivity contribution in [3.05, 3.63) is 109 Å². The van der Waals surface area contributed by atoms with E-state index < -0.39 is 0 Å². The molecule has 2 aromatic heterocycles. The van der Waals surface area contributed by atoms with E-state index in [-0.39, 0.29) is 0 Å². The molecule has 0 fully saturated rings. The Morgan fingerprint density at radius 3 is 2.09 bits per heavy atom. The second kappa shape index (κ2) is 7.22. The predicted molar refractivity (Wildman–Crippen MR) is 141 cm³/mol. The van der Waals surface area contributed by atoms with Crippen molar-refractivity contribution in [1.82, 2.24) is 9.97 Å². The molecule has 3 heteroatoms. The molecular weight excluding hydrogens is 420 g/mol.